The van der Waals surface area contributed by atoms with Crippen molar-refractivity contribution in [2.75, 3.05) is 23.8 Å². The monoisotopic (exact) mass is 282 g/mol. The first-order chi connectivity index (χ1) is 8.77. The molecular weight excluding hydrogens is 264 g/mol. The van der Waals surface area contributed by atoms with Gasteiger partial charge in [-0.2, -0.15) is 0 Å². The fourth-order valence-corrected chi connectivity index (χ4v) is 2.83. The molecule has 104 valence electrons. The second-order valence-corrected chi connectivity index (χ2v) is 4.94. The topological polar surface area (TPSA) is 55.6 Å². The summed E-state index contributed by atoms with van der Waals surface area (Å²) in [5.74, 6) is 0.0963. The molecule has 1 aromatic rings. The van der Waals surface area contributed by atoms with Gasteiger partial charge in [-0.3, -0.25) is 4.79 Å². The van der Waals surface area contributed by atoms with E-state index in [0.29, 0.717) is 6.61 Å². The molecule has 0 aromatic heterocycles. The Hall–Kier alpha value is -1.26. The fraction of sp³-hybridized carbons (Fsp3) is 0.500. The van der Waals surface area contributed by atoms with Crippen molar-refractivity contribution in [1.82, 2.24) is 0 Å². The van der Waals surface area contributed by atoms with Crippen LogP contribution in [0, 0.1) is 0 Å². The molecule has 2 aliphatic rings. The Morgan fingerprint density at radius 1 is 1.37 bits per heavy atom. The molecule has 0 aliphatic carbocycles. The molecule has 0 radical (unpaired) electrons. The molecule has 2 N–H and O–H groups in total. The molecule has 3 rings (SSSR count). The van der Waals surface area contributed by atoms with Crippen LogP contribution in [-0.4, -0.2) is 25.2 Å². The van der Waals surface area contributed by atoms with Crippen molar-refractivity contribution in [3.63, 3.8) is 0 Å². The number of halogens is 1. The third kappa shape index (κ3) is 2.55. The zero-order chi connectivity index (χ0) is 12.5. The van der Waals surface area contributed by atoms with Crippen LogP contribution in [0.15, 0.2) is 18.2 Å². The summed E-state index contributed by atoms with van der Waals surface area (Å²) in [7, 11) is 0. The standard InChI is InChI=1S/C14H18N2O2.ClH/c15-11-5-1-6-12-10(11)4-2-8-16(12)14(17)13-7-3-9-18-13;/h1,5-6,13H,2-4,7-9,15H2;1H/t13-;/m1./s1. The number of carbonyl (C=O) groups is 1. The van der Waals surface area contributed by atoms with Crippen LogP contribution >= 0.6 is 12.4 Å². The van der Waals surface area contributed by atoms with E-state index in [2.05, 4.69) is 0 Å². The maximum Gasteiger partial charge on any atom is 0.256 e. The highest BCUT2D eigenvalue weighted by Crippen LogP contribution is 2.32. The third-order valence-electron chi connectivity index (χ3n) is 3.76. The van der Waals surface area contributed by atoms with Gasteiger partial charge in [-0.1, -0.05) is 6.07 Å². The number of hydrogen-bond donors (Lipinski definition) is 1. The Morgan fingerprint density at radius 2 is 2.21 bits per heavy atom. The highest BCUT2D eigenvalue weighted by atomic mass is 35.5. The Morgan fingerprint density at radius 3 is 2.95 bits per heavy atom. The number of benzene rings is 1. The first kappa shape index (κ1) is 14.2. The predicted molar refractivity (Wildman–Crippen MR) is 77.8 cm³/mol. The van der Waals surface area contributed by atoms with Crippen molar-refractivity contribution < 1.29 is 9.53 Å². The molecule has 1 aromatic carbocycles. The van der Waals surface area contributed by atoms with Crippen molar-refractivity contribution in [1.29, 1.82) is 0 Å². The molecule has 1 fully saturated rings. The number of nitrogens with zero attached hydrogens (tertiary/aromatic N) is 1. The van der Waals surface area contributed by atoms with Crippen LogP contribution in [0.5, 0.6) is 0 Å². The fourth-order valence-electron chi connectivity index (χ4n) is 2.83. The highest BCUT2D eigenvalue weighted by molar-refractivity contribution is 5.98. The molecule has 19 heavy (non-hydrogen) atoms. The van der Waals surface area contributed by atoms with Gasteiger partial charge in [0, 0.05) is 24.5 Å². The maximum atomic E-state index is 12.4. The van der Waals surface area contributed by atoms with Crippen LogP contribution in [0.2, 0.25) is 0 Å². The van der Waals surface area contributed by atoms with E-state index >= 15 is 0 Å². The highest BCUT2D eigenvalue weighted by Gasteiger charge is 2.31. The van der Waals surface area contributed by atoms with Crippen LogP contribution in [-0.2, 0) is 16.0 Å². The van der Waals surface area contributed by atoms with E-state index in [1.54, 1.807) is 0 Å². The Kier molecular flexibility index (Phi) is 4.32. The van der Waals surface area contributed by atoms with Crippen LogP contribution in [0.4, 0.5) is 11.4 Å². The van der Waals surface area contributed by atoms with Crippen LogP contribution < -0.4 is 10.6 Å². The molecule has 1 saturated heterocycles. The number of fused-ring (bicyclic) bond motifs is 1. The summed E-state index contributed by atoms with van der Waals surface area (Å²) >= 11 is 0. The number of ether oxygens (including phenoxy) is 1. The summed E-state index contributed by atoms with van der Waals surface area (Å²) < 4.78 is 5.49. The van der Waals surface area contributed by atoms with E-state index in [9.17, 15) is 4.79 Å². The molecule has 0 bridgehead atoms. The second kappa shape index (κ2) is 5.80. The number of carbonyl (C=O) groups excluding carboxylic acids is 1. The van der Waals surface area contributed by atoms with Gasteiger partial charge in [0.1, 0.15) is 6.10 Å². The quantitative estimate of drug-likeness (QED) is 0.803. The first-order valence-corrected chi connectivity index (χ1v) is 6.58. The predicted octanol–water partition coefficient (Wildman–Crippen LogP) is 2.15. The Bertz CT molecular complexity index is 473. The Balaban J connectivity index is 0.00000133. The van der Waals surface area contributed by atoms with Crippen molar-refractivity contribution in [3.8, 4) is 0 Å². The van der Waals surface area contributed by atoms with Crippen molar-refractivity contribution in [2.45, 2.75) is 31.8 Å². The summed E-state index contributed by atoms with van der Waals surface area (Å²) in [6.07, 6.45) is 3.50. The molecule has 4 nitrogen and oxygen atoms in total. The van der Waals surface area contributed by atoms with E-state index < -0.39 is 0 Å². The number of amides is 1. The zero-order valence-corrected chi connectivity index (χ0v) is 11.6. The van der Waals surface area contributed by atoms with Crippen LogP contribution in [0.1, 0.15) is 24.8 Å². The summed E-state index contributed by atoms with van der Waals surface area (Å²) in [6, 6.07) is 5.80. The van der Waals surface area contributed by atoms with Gasteiger partial charge < -0.3 is 15.4 Å². The molecule has 0 spiro atoms. The van der Waals surface area contributed by atoms with Crippen molar-refractivity contribution in [3.05, 3.63) is 23.8 Å². The van der Waals surface area contributed by atoms with Gasteiger partial charge >= 0.3 is 0 Å². The number of rotatable bonds is 1. The van der Waals surface area contributed by atoms with E-state index in [0.717, 1.165) is 49.2 Å². The molecule has 2 heterocycles. The molecule has 1 atom stereocenters. The van der Waals surface area contributed by atoms with Gasteiger partial charge in [0.05, 0.1) is 0 Å². The summed E-state index contributed by atoms with van der Waals surface area (Å²) in [5.41, 5.74) is 8.86. The summed E-state index contributed by atoms with van der Waals surface area (Å²) in [4.78, 5) is 14.3. The average Bonchev–Trinajstić information content (AvgIpc) is 2.92. The SMILES string of the molecule is Cl.Nc1cccc2c1CCCN2C(=O)[C@H]1CCCO1. The normalized spacial score (nSPS) is 21.7. The lowest BCUT2D eigenvalue weighted by Crippen LogP contribution is -2.42. The maximum absolute atomic E-state index is 12.4. The lowest BCUT2D eigenvalue weighted by Gasteiger charge is -2.31. The van der Waals surface area contributed by atoms with Gasteiger partial charge in [0.2, 0.25) is 0 Å². The lowest BCUT2D eigenvalue weighted by molar-refractivity contribution is -0.127. The third-order valence-corrected chi connectivity index (χ3v) is 3.76. The van der Waals surface area contributed by atoms with Crippen LogP contribution in [0.25, 0.3) is 0 Å². The van der Waals surface area contributed by atoms with Gasteiger partial charge in [0.25, 0.3) is 5.91 Å². The van der Waals surface area contributed by atoms with Gasteiger partial charge in [0.15, 0.2) is 0 Å². The Labute approximate surface area is 119 Å². The molecule has 5 heteroatoms. The minimum Gasteiger partial charge on any atom is -0.398 e. The second-order valence-electron chi connectivity index (χ2n) is 4.94. The van der Waals surface area contributed by atoms with E-state index in [1.165, 1.54) is 0 Å². The molecule has 1 amide bonds. The largest absolute Gasteiger partial charge is 0.398 e. The molecule has 0 unspecified atom stereocenters. The van der Waals surface area contributed by atoms with Crippen LogP contribution in [0.3, 0.4) is 0 Å². The number of nitrogen functional groups attached to an aromatic ring is 1. The van der Waals surface area contributed by atoms with E-state index in [1.807, 2.05) is 23.1 Å². The van der Waals surface area contributed by atoms with Crippen molar-refractivity contribution >= 4 is 29.7 Å². The molecule has 2 aliphatic heterocycles. The van der Waals surface area contributed by atoms with E-state index in [-0.39, 0.29) is 24.4 Å². The zero-order valence-electron chi connectivity index (χ0n) is 10.8. The number of hydrogen-bond acceptors (Lipinski definition) is 3. The van der Waals surface area contributed by atoms with E-state index in [4.69, 9.17) is 10.5 Å². The molecular formula is C14H19ClN2O2. The summed E-state index contributed by atoms with van der Waals surface area (Å²) in [5, 5.41) is 0. The van der Waals surface area contributed by atoms with Crippen molar-refractivity contribution in [2.24, 2.45) is 0 Å². The minimum absolute atomic E-state index is 0. The van der Waals surface area contributed by atoms with Gasteiger partial charge in [-0.25, -0.2) is 0 Å². The van der Waals surface area contributed by atoms with Gasteiger partial charge in [-0.15, -0.1) is 12.4 Å². The minimum atomic E-state index is -0.252. The molecule has 0 saturated carbocycles. The smallest absolute Gasteiger partial charge is 0.256 e. The average molecular weight is 283 g/mol. The lowest BCUT2D eigenvalue weighted by atomic mass is 9.99. The summed E-state index contributed by atoms with van der Waals surface area (Å²) in [6.45, 7) is 1.48. The number of nitrogens with two attached hydrogens (primary N) is 1. The number of anilines is 2. The first-order valence-electron chi connectivity index (χ1n) is 6.58. The van der Waals surface area contributed by atoms with Gasteiger partial charge in [-0.05, 0) is 43.4 Å².